The summed E-state index contributed by atoms with van der Waals surface area (Å²) in [5.74, 6) is 9.08. The molecule has 21 heteroatoms. The van der Waals surface area contributed by atoms with Crippen LogP contribution in [0.1, 0.15) is 116 Å². The second-order valence-corrected chi connectivity index (χ2v) is 26.0. The molecule has 2 saturated heterocycles. The number of rotatable bonds is 16. The molecule has 2 aliphatic heterocycles. The van der Waals surface area contributed by atoms with Crippen molar-refractivity contribution in [2.45, 2.75) is 140 Å². The Bertz CT molecular complexity index is 3560. The van der Waals surface area contributed by atoms with E-state index in [4.69, 9.17) is 15.9 Å². The van der Waals surface area contributed by atoms with Crippen LogP contribution in [0.2, 0.25) is 0 Å². The highest BCUT2D eigenvalue weighted by molar-refractivity contribution is 14.1. The monoisotopic (exact) mass is 1340 g/mol. The van der Waals surface area contributed by atoms with Gasteiger partial charge < -0.3 is 50.5 Å². The molecule has 89 heavy (non-hydrogen) atoms. The standard InChI is InChI=1S/C34H40F3N5O2.C22H27F3IN3.C12H14N2O2/c1-38-32(43)23-9-14-29(31(18-23)44-2)39-17-4-6-26-19-27-28(7-3-8-30(27)42(26)22-34(35,36)37)40-24-10-12-25(13-11-24)41-20-33(21-41)15-5-16-33;23-22(24,25)14-29-19-4-1-3-18(17(19)11-20(29)26)27-15-5-7-16(8-6-15)28-12-21(13-28)9-2-10-21;1-4-7-14-10-6-5-9(12(15)13-2)8-11(10)16-3/h3,7-9,14,18-19,24-25,39-40H,5,10-13,15-17,20-22H2,1-2H3,(H,38,43);1,3-4,11,15-16,27H,2,5-10,12-14H2;1,5-6,8,14H,7H2,2-3H3,(H,13,15). The van der Waals surface area contributed by atoms with Crippen LogP contribution in [0.3, 0.4) is 0 Å². The molecule has 0 unspecified atom stereocenters. The van der Waals surface area contributed by atoms with Crippen LogP contribution in [0.5, 0.6) is 11.5 Å². The van der Waals surface area contributed by atoms with Gasteiger partial charge in [0.15, 0.2) is 0 Å². The number of aromatic nitrogens is 2. The van der Waals surface area contributed by atoms with E-state index in [1.54, 1.807) is 75.8 Å². The highest BCUT2D eigenvalue weighted by Gasteiger charge is 2.50. The summed E-state index contributed by atoms with van der Waals surface area (Å²) in [7, 11) is 6.18. The van der Waals surface area contributed by atoms with Crippen LogP contribution >= 0.6 is 22.6 Å². The smallest absolute Gasteiger partial charge is 0.406 e. The molecule has 0 bridgehead atoms. The molecular formula is C68H81F6IN10O4. The lowest BCUT2D eigenvalue weighted by molar-refractivity contribution is -0.141. The first-order chi connectivity index (χ1) is 42.7. The number of ether oxygens (including phenoxy) is 2. The van der Waals surface area contributed by atoms with Gasteiger partial charge in [0.2, 0.25) is 0 Å². The number of methoxy groups -OCH3 is 2. The Morgan fingerprint density at radius 1 is 0.596 bits per heavy atom. The van der Waals surface area contributed by atoms with Gasteiger partial charge in [0.05, 0.1) is 59.1 Å². The molecule has 0 atom stereocenters. The lowest BCUT2D eigenvalue weighted by Gasteiger charge is -2.59. The fourth-order valence-electron chi connectivity index (χ4n) is 14.0. The van der Waals surface area contributed by atoms with Gasteiger partial charge in [-0.25, -0.2) is 0 Å². The van der Waals surface area contributed by atoms with Gasteiger partial charge in [0, 0.05) is 97.7 Å². The van der Waals surface area contributed by atoms with Crippen molar-refractivity contribution in [1.82, 2.24) is 29.6 Å². The Morgan fingerprint density at radius 2 is 1.03 bits per heavy atom. The van der Waals surface area contributed by atoms with Crippen LogP contribution in [0.4, 0.5) is 49.1 Å². The maximum atomic E-state index is 13.7. The van der Waals surface area contributed by atoms with Gasteiger partial charge in [0.1, 0.15) is 24.6 Å². The normalized spacial score (nSPS) is 20.9. The third kappa shape index (κ3) is 15.6. The van der Waals surface area contributed by atoms with Gasteiger partial charge in [0.25, 0.3) is 11.8 Å². The highest BCUT2D eigenvalue weighted by Crippen LogP contribution is 2.51. The number of carbonyl (C=O) groups excluding carboxylic acids is 2. The third-order valence-electron chi connectivity index (χ3n) is 19.0. The van der Waals surface area contributed by atoms with Crippen molar-refractivity contribution < 1.29 is 45.4 Å². The maximum absolute atomic E-state index is 13.7. The van der Waals surface area contributed by atoms with E-state index in [1.807, 2.05) is 52.9 Å². The molecule has 6 N–H and O–H groups in total. The van der Waals surface area contributed by atoms with Crippen LogP contribution in [0.15, 0.2) is 84.9 Å². The van der Waals surface area contributed by atoms with Gasteiger partial charge >= 0.3 is 12.4 Å². The molecule has 6 aliphatic rings. The first kappa shape index (κ1) is 65.0. The fraction of sp³-hybridized carbons (Fsp3) is 0.500. The molecule has 4 aromatic carbocycles. The number of nitrogens with one attached hydrogen (secondary N) is 6. The molecule has 2 spiro atoms. The lowest BCUT2D eigenvalue weighted by Crippen LogP contribution is -2.63. The van der Waals surface area contributed by atoms with Gasteiger partial charge in [-0.3, -0.25) is 19.4 Å². The number of amides is 2. The topological polar surface area (TPSA) is 141 Å². The quantitative estimate of drug-likeness (QED) is 0.0315. The second kappa shape index (κ2) is 28.1. The van der Waals surface area contributed by atoms with E-state index >= 15 is 0 Å². The molecule has 12 rings (SSSR count). The molecule has 0 radical (unpaired) electrons. The van der Waals surface area contributed by atoms with Crippen molar-refractivity contribution in [3.8, 4) is 35.7 Å². The maximum Gasteiger partial charge on any atom is 0.406 e. The molecule has 476 valence electrons. The minimum absolute atomic E-state index is 0.151. The number of halogens is 7. The second-order valence-electron chi connectivity index (χ2n) is 24.9. The number of carbonyl (C=O) groups is 2. The Balaban J connectivity index is 0.000000166. The Labute approximate surface area is 531 Å². The summed E-state index contributed by atoms with van der Waals surface area (Å²) in [6, 6.07) is 27.0. The average Bonchev–Trinajstić information content (AvgIpc) is 2.01. The zero-order valence-electron chi connectivity index (χ0n) is 51.1. The average molecular weight is 1340 g/mol. The van der Waals surface area contributed by atoms with Crippen molar-refractivity contribution in [3.63, 3.8) is 0 Å². The van der Waals surface area contributed by atoms with E-state index in [-0.39, 0.29) is 18.4 Å². The predicted octanol–water partition coefficient (Wildman–Crippen LogP) is 13.4. The molecule has 14 nitrogen and oxygen atoms in total. The van der Waals surface area contributed by atoms with Crippen LogP contribution in [0.25, 0.3) is 21.8 Å². The van der Waals surface area contributed by atoms with E-state index in [0.29, 0.717) is 84.2 Å². The SMILES string of the molecule is C#CCNc1ccc(C(=O)NC)cc1OC.CNC(=O)c1ccc(NCC#Cc2cc3c(NC4CCC(N5CC6(CCC6)C5)CC4)cccc3n2CC(F)(F)F)c(OC)c1.FC(F)(F)Cn1c(I)cc2c(NC3CCC(N4CC5(CCC5)C4)CC3)cccc21. The number of fused-ring (bicyclic) bond motifs is 2. The number of benzene rings is 4. The number of hydrogen-bond donors (Lipinski definition) is 6. The zero-order valence-corrected chi connectivity index (χ0v) is 53.3. The summed E-state index contributed by atoms with van der Waals surface area (Å²) >= 11 is 2.00. The van der Waals surface area contributed by atoms with Crippen molar-refractivity contribution in [3.05, 3.63) is 105 Å². The van der Waals surface area contributed by atoms with Crippen LogP contribution < -0.4 is 41.4 Å². The van der Waals surface area contributed by atoms with Gasteiger partial charge in [-0.05, 0) is 189 Å². The highest BCUT2D eigenvalue weighted by atomic mass is 127. The summed E-state index contributed by atoms with van der Waals surface area (Å²) in [6.45, 7) is 3.67. The number of alkyl halides is 6. The van der Waals surface area contributed by atoms with Gasteiger partial charge in [-0.1, -0.05) is 36.8 Å². The zero-order chi connectivity index (χ0) is 63.1. The van der Waals surface area contributed by atoms with Crippen LogP contribution in [-0.4, -0.2) is 135 Å². The summed E-state index contributed by atoms with van der Waals surface area (Å²) in [5, 5.41) is 20.2. The molecule has 4 saturated carbocycles. The largest absolute Gasteiger partial charge is 0.495 e. The number of anilines is 4. The van der Waals surface area contributed by atoms with Crippen LogP contribution in [-0.2, 0) is 13.1 Å². The van der Waals surface area contributed by atoms with E-state index < -0.39 is 25.4 Å². The first-order valence-electron chi connectivity index (χ1n) is 31.0. The van der Waals surface area contributed by atoms with E-state index in [9.17, 15) is 35.9 Å². The van der Waals surface area contributed by atoms with Crippen molar-refractivity contribution in [1.29, 1.82) is 0 Å². The van der Waals surface area contributed by atoms with Gasteiger partial charge in [-0.15, -0.1) is 6.42 Å². The summed E-state index contributed by atoms with van der Waals surface area (Å²) < 4.78 is 93.7. The minimum Gasteiger partial charge on any atom is -0.495 e. The van der Waals surface area contributed by atoms with Crippen LogP contribution in [0, 0.1) is 38.7 Å². The molecule has 6 fully saturated rings. The Morgan fingerprint density at radius 3 is 1.45 bits per heavy atom. The number of terminal acetylenes is 1. The third-order valence-corrected chi connectivity index (χ3v) is 19.9. The van der Waals surface area contributed by atoms with Crippen molar-refractivity contribution in [2.24, 2.45) is 10.8 Å². The molecule has 2 aromatic heterocycles. The minimum atomic E-state index is -4.39. The van der Waals surface area contributed by atoms with E-state index in [0.717, 1.165) is 72.4 Å². The lowest BCUT2D eigenvalue weighted by atomic mass is 9.63. The number of hydrogen-bond acceptors (Lipinski definition) is 10. The molecule has 2 amide bonds. The molecule has 4 heterocycles. The van der Waals surface area contributed by atoms with E-state index in [1.165, 1.54) is 93.8 Å². The first-order valence-corrected chi connectivity index (χ1v) is 32.0. The summed E-state index contributed by atoms with van der Waals surface area (Å²) in [6.07, 6.45) is 14.1. The Kier molecular flexibility index (Phi) is 20.5. The Hall–Kier alpha value is -6.95. The molecule has 4 aliphatic carbocycles. The van der Waals surface area contributed by atoms with E-state index in [2.05, 4.69) is 59.5 Å². The fourth-order valence-corrected chi connectivity index (χ4v) is 14.7. The summed E-state index contributed by atoms with van der Waals surface area (Å²) in [4.78, 5) is 28.7. The number of nitrogens with zero attached hydrogens (tertiary/aromatic N) is 4. The molecular weight excluding hydrogens is 1260 g/mol. The summed E-state index contributed by atoms with van der Waals surface area (Å²) in [5.41, 5.74) is 7.00. The van der Waals surface area contributed by atoms with Gasteiger partial charge in [-0.2, -0.15) is 26.3 Å². The van der Waals surface area contributed by atoms with Crippen molar-refractivity contribution >= 4 is 79.0 Å². The number of likely N-dealkylation sites (tertiary alicyclic amines) is 2. The van der Waals surface area contributed by atoms with Crippen molar-refractivity contribution in [2.75, 3.05) is 88.9 Å². The molecule has 6 aromatic rings. The predicted molar refractivity (Wildman–Crippen MR) is 349 cm³/mol.